The highest BCUT2D eigenvalue weighted by Crippen LogP contribution is 2.46. The Morgan fingerprint density at radius 2 is 1.76 bits per heavy atom. The molecule has 59 heavy (non-hydrogen) atoms. The van der Waals surface area contributed by atoms with Gasteiger partial charge >= 0.3 is 18.4 Å². The lowest BCUT2D eigenvalue weighted by Gasteiger charge is -2.30. The van der Waals surface area contributed by atoms with E-state index >= 15 is 0 Å². The minimum absolute atomic E-state index is 0.0336. The van der Waals surface area contributed by atoms with Crippen LogP contribution in [0.25, 0.3) is 0 Å². The summed E-state index contributed by atoms with van der Waals surface area (Å²) < 4.78 is 94.0. The Labute approximate surface area is 339 Å². The quantitative estimate of drug-likeness (QED) is 0.260. The fourth-order valence-corrected chi connectivity index (χ4v) is 8.82. The van der Waals surface area contributed by atoms with Crippen molar-refractivity contribution < 1.29 is 59.4 Å². The first-order valence-electron chi connectivity index (χ1n) is 19.4. The molecule has 5 atom stereocenters. The van der Waals surface area contributed by atoms with Gasteiger partial charge < -0.3 is 25.0 Å². The summed E-state index contributed by atoms with van der Waals surface area (Å²) in [6.45, 7) is 4.66. The number of rotatable bonds is 6. The third-order valence-corrected chi connectivity index (χ3v) is 11.9. The number of carbonyl (C=O) groups is 5. The van der Waals surface area contributed by atoms with Crippen molar-refractivity contribution in [3.8, 4) is 0 Å². The fourth-order valence-electron chi connectivity index (χ4n) is 7.67. The molecular formula is C40H47F4N5O9S. The smallest absolute Gasteiger partial charge is 0.416 e. The van der Waals surface area contributed by atoms with Crippen molar-refractivity contribution in [2.24, 2.45) is 5.92 Å². The van der Waals surface area contributed by atoms with E-state index in [4.69, 9.17) is 9.47 Å². The van der Waals surface area contributed by atoms with Crippen LogP contribution in [0, 0.1) is 11.7 Å². The predicted octanol–water partition coefficient (Wildman–Crippen LogP) is 5.20. The van der Waals surface area contributed by atoms with E-state index in [0.717, 1.165) is 17.0 Å². The molecule has 0 spiro atoms. The zero-order valence-electron chi connectivity index (χ0n) is 32.8. The number of amides is 5. The molecule has 2 fully saturated rings. The maximum absolute atomic E-state index is 14.5. The SMILES string of the molecule is CC(C)(C)OC(=O)N[C@H]1CCCCCC=C[C@@H]2C[C@@]2(C(=O)NS(=O)(=O)Cc2cccc(C(F)(F)F)c2)NC(=O)[C@@H]2C[C@@H](OC(=O)N3Cc4cccc(F)c4C3)CN2C1=O. The average molecular weight is 850 g/mol. The Balaban J connectivity index is 1.25. The van der Waals surface area contributed by atoms with Gasteiger partial charge in [-0.25, -0.2) is 22.4 Å². The van der Waals surface area contributed by atoms with Crippen LogP contribution in [0.3, 0.4) is 0 Å². The highest BCUT2D eigenvalue weighted by Gasteiger charge is 2.61. The van der Waals surface area contributed by atoms with Gasteiger partial charge in [-0.15, -0.1) is 0 Å². The number of nitrogens with one attached hydrogen (secondary N) is 3. The topological polar surface area (TPSA) is 181 Å². The van der Waals surface area contributed by atoms with Gasteiger partial charge in [-0.05, 0) is 69.7 Å². The van der Waals surface area contributed by atoms with Crippen LogP contribution in [0.1, 0.15) is 88.0 Å². The molecule has 14 nitrogen and oxygen atoms in total. The second-order valence-electron chi connectivity index (χ2n) is 16.4. The molecule has 5 amide bonds. The summed E-state index contributed by atoms with van der Waals surface area (Å²) in [6.07, 6.45) is -1.79. The molecule has 3 aliphatic heterocycles. The largest absolute Gasteiger partial charge is 0.444 e. The summed E-state index contributed by atoms with van der Waals surface area (Å²) in [5.41, 5.74) is -3.09. The summed E-state index contributed by atoms with van der Waals surface area (Å²) in [4.78, 5) is 71.4. The van der Waals surface area contributed by atoms with Gasteiger partial charge in [-0.3, -0.25) is 24.0 Å². The molecule has 0 radical (unpaired) electrons. The molecular weight excluding hydrogens is 803 g/mol. The zero-order chi connectivity index (χ0) is 42.9. The Hall–Kier alpha value is -5.20. The van der Waals surface area contributed by atoms with Gasteiger partial charge in [0, 0.05) is 24.4 Å². The number of benzene rings is 2. The number of halogens is 4. The van der Waals surface area contributed by atoms with Crippen molar-refractivity contribution in [1.82, 2.24) is 25.2 Å². The predicted molar refractivity (Wildman–Crippen MR) is 203 cm³/mol. The Bertz CT molecular complexity index is 2130. The summed E-state index contributed by atoms with van der Waals surface area (Å²) in [5, 5.41) is 5.28. The van der Waals surface area contributed by atoms with Gasteiger partial charge in [0.2, 0.25) is 21.8 Å². The fraction of sp³-hybridized carbons (Fsp3) is 0.525. The van der Waals surface area contributed by atoms with Crippen LogP contribution in [0.2, 0.25) is 0 Å². The van der Waals surface area contributed by atoms with E-state index in [2.05, 4.69) is 10.6 Å². The zero-order valence-corrected chi connectivity index (χ0v) is 33.6. The van der Waals surface area contributed by atoms with E-state index in [1.54, 1.807) is 39.0 Å². The number of ether oxygens (including phenoxy) is 2. The lowest BCUT2D eigenvalue weighted by molar-refractivity contribution is -0.141. The second-order valence-corrected chi connectivity index (χ2v) is 18.1. The van der Waals surface area contributed by atoms with E-state index < -0.39 is 98.5 Å². The van der Waals surface area contributed by atoms with Crippen molar-refractivity contribution in [2.75, 3.05) is 6.54 Å². The molecule has 1 aliphatic carbocycles. The van der Waals surface area contributed by atoms with Crippen LogP contribution in [0.5, 0.6) is 0 Å². The minimum atomic E-state index is -4.73. The Morgan fingerprint density at radius 1 is 1.02 bits per heavy atom. The highest BCUT2D eigenvalue weighted by molar-refractivity contribution is 7.89. The number of carbonyl (C=O) groups excluding carboxylic acids is 5. The molecule has 3 heterocycles. The first-order valence-corrected chi connectivity index (χ1v) is 21.0. The standard InChI is InChI=1S/C40H47F4N5O9S/c1-38(2,3)58-36(53)45-31-16-8-6-4-5-7-13-27-19-39(27,35(52)47-59(55,56)23-24-11-9-14-26(17-24)40(42,43)44)46-33(50)32-18-28(21-49(32)34(31)51)57-37(54)48-20-25-12-10-15-30(41)29(25)22-48/h7,9-15,17,27-28,31-32H,4-6,8,16,18-23H2,1-3H3,(H,45,53)(H,46,50)(H,47,52)/t27-,28-,31+,32+,39-/m1/s1. The first kappa shape index (κ1) is 43.4. The van der Waals surface area contributed by atoms with Crippen molar-refractivity contribution in [3.63, 3.8) is 0 Å². The second kappa shape index (κ2) is 16.8. The van der Waals surface area contributed by atoms with Gasteiger partial charge in [0.1, 0.15) is 35.1 Å². The monoisotopic (exact) mass is 849 g/mol. The molecule has 1 saturated carbocycles. The normalized spacial score (nSPS) is 25.1. The lowest BCUT2D eigenvalue weighted by Crippen LogP contribution is -2.58. The molecule has 1 saturated heterocycles. The number of alkyl carbamates (subject to hydrolysis) is 1. The van der Waals surface area contributed by atoms with E-state index in [9.17, 15) is 50.0 Å². The van der Waals surface area contributed by atoms with Crippen molar-refractivity contribution in [1.29, 1.82) is 0 Å². The van der Waals surface area contributed by atoms with E-state index in [1.165, 1.54) is 23.1 Å². The number of alkyl halides is 3. The van der Waals surface area contributed by atoms with Crippen molar-refractivity contribution in [3.05, 3.63) is 82.7 Å². The molecule has 0 unspecified atom stereocenters. The van der Waals surface area contributed by atoms with Crippen LogP contribution in [0.15, 0.2) is 54.6 Å². The molecule has 4 aliphatic rings. The number of hydrogen-bond acceptors (Lipinski definition) is 9. The van der Waals surface area contributed by atoms with Gasteiger partial charge in [-0.2, -0.15) is 13.2 Å². The number of nitrogens with zero attached hydrogens (tertiary/aromatic N) is 2. The van der Waals surface area contributed by atoms with Gasteiger partial charge in [0.05, 0.1) is 24.4 Å². The molecule has 19 heteroatoms. The average Bonchev–Trinajstić information content (AvgIpc) is 3.42. The summed E-state index contributed by atoms with van der Waals surface area (Å²) in [5.74, 6) is -4.82. The number of sulfonamides is 1. The van der Waals surface area contributed by atoms with E-state index in [1.807, 2.05) is 4.72 Å². The van der Waals surface area contributed by atoms with Crippen LogP contribution in [0.4, 0.5) is 27.2 Å². The van der Waals surface area contributed by atoms with Crippen molar-refractivity contribution >= 4 is 39.9 Å². The lowest BCUT2D eigenvalue weighted by atomic mass is 10.0. The van der Waals surface area contributed by atoms with Crippen LogP contribution < -0.4 is 15.4 Å². The summed E-state index contributed by atoms with van der Waals surface area (Å²) in [7, 11) is -4.60. The maximum Gasteiger partial charge on any atom is 0.416 e. The van der Waals surface area contributed by atoms with Gasteiger partial charge in [0.25, 0.3) is 5.91 Å². The Morgan fingerprint density at radius 3 is 2.47 bits per heavy atom. The van der Waals surface area contributed by atoms with Crippen LogP contribution >= 0.6 is 0 Å². The molecule has 6 rings (SSSR count). The molecule has 0 bridgehead atoms. The summed E-state index contributed by atoms with van der Waals surface area (Å²) >= 11 is 0. The number of fused-ring (bicyclic) bond motifs is 3. The number of hydrogen-bond donors (Lipinski definition) is 3. The molecule has 320 valence electrons. The van der Waals surface area contributed by atoms with Crippen molar-refractivity contribution in [2.45, 2.75) is 120 Å². The molecule has 2 aromatic carbocycles. The third kappa shape index (κ3) is 10.5. The molecule has 2 aromatic rings. The summed E-state index contributed by atoms with van der Waals surface area (Å²) in [6, 6.07) is 5.61. The van der Waals surface area contributed by atoms with Crippen LogP contribution in [-0.4, -0.2) is 84.0 Å². The molecule has 0 aromatic heterocycles. The number of allylic oxidation sites excluding steroid dienone is 1. The maximum atomic E-state index is 14.5. The highest BCUT2D eigenvalue weighted by atomic mass is 32.2. The molecule has 3 N–H and O–H groups in total. The third-order valence-electron chi connectivity index (χ3n) is 10.6. The van der Waals surface area contributed by atoms with E-state index in [-0.39, 0.29) is 44.5 Å². The first-order chi connectivity index (χ1) is 27.6. The Kier molecular flexibility index (Phi) is 12.4. The van der Waals surface area contributed by atoms with Crippen LogP contribution in [-0.2, 0) is 58.9 Å². The van der Waals surface area contributed by atoms with Gasteiger partial charge in [0.15, 0.2) is 0 Å². The van der Waals surface area contributed by atoms with Gasteiger partial charge in [-0.1, -0.05) is 55.3 Å². The minimum Gasteiger partial charge on any atom is -0.444 e. The van der Waals surface area contributed by atoms with E-state index in [0.29, 0.717) is 42.9 Å².